The van der Waals surface area contributed by atoms with Crippen LogP contribution < -0.4 is 10.9 Å². The number of rotatable bonds is 5. The predicted molar refractivity (Wildman–Crippen MR) is 71.1 cm³/mol. The summed E-state index contributed by atoms with van der Waals surface area (Å²) in [6, 6.07) is 8.61. The van der Waals surface area contributed by atoms with E-state index in [9.17, 15) is 9.59 Å². The van der Waals surface area contributed by atoms with E-state index in [0.29, 0.717) is 5.56 Å². The van der Waals surface area contributed by atoms with E-state index in [1.54, 1.807) is 24.3 Å². The molecular formula is C12H16N2O3S. The van der Waals surface area contributed by atoms with Crippen LogP contribution >= 0.6 is 11.8 Å². The topological polar surface area (TPSA) is 78.4 Å². The molecule has 2 amide bonds. The van der Waals surface area contributed by atoms with Gasteiger partial charge in [-0.3, -0.25) is 20.4 Å². The van der Waals surface area contributed by atoms with Crippen LogP contribution in [0.25, 0.3) is 0 Å². The maximum atomic E-state index is 11.6. The van der Waals surface area contributed by atoms with Crippen LogP contribution in [0, 0.1) is 0 Å². The monoisotopic (exact) mass is 268 g/mol. The summed E-state index contributed by atoms with van der Waals surface area (Å²) >= 11 is 1.32. The molecule has 0 aliphatic rings. The molecule has 0 bridgehead atoms. The minimum Gasteiger partial charge on any atom is -0.395 e. The minimum absolute atomic E-state index is 0.000532. The van der Waals surface area contributed by atoms with E-state index in [0.717, 1.165) is 0 Å². The molecule has 1 aromatic carbocycles. The lowest BCUT2D eigenvalue weighted by atomic mass is 10.2. The highest BCUT2D eigenvalue weighted by molar-refractivity contribution is 8.00. The normalized spacial score (nSPS) is 11.7. The van der Waals surface area contributed by atoms with E-state index in [2.05, 4.69) is 10.9 Å². The molecule has 0 aliphatic heterocycles. The van der Waals surface area contributed by atoms with Crippen LogP contribution in [0.15, 0.2) is 30.3 Å². The standard InChI is InChI=1S/C12H16N2O3S/c1-9(7-15)18-8-11(16)13-14-12(17)10-5-3-2-4-6-10/h2-6,9,15H,7-8H2,1H3,(H,13,16)(H,14,17). The Hall–Kier alpha value is -1.53. The van der Waals surface area contributed by atoms with Crippen LogP contribution in [-0.2, 0) is 4.79 Å². The van der Waals surface area contributed by atoms with Gasteiger partial charge in [0.15, 0.2) is 0 Å². The number of hydrogen-bond donors (Lipinski definition) is 3. The smallest absolute Gasteiger partial charge is 0.269 e. The SMILES string of the molecule is CC(CO)SCC(=O)NNC(=O)c1ccccc1. The van der Waals surface area contributed by atoms with Gasteiger partial charge in [-0.15, -0.1) is 11.8 Å². The van der Waals surface area contributed by atoms with Gasteiger partial charge in [0.05, 0.1) is 12.4 Å². The lowest BCUT2D eigenvalue weighted by Gasteiger charge is -2.09. The number of aliphatic hydroxyl groups excluding tert-OH is 1. The van der Waals surface area contributed by atoms with E-state index in [1.807, 2.05) is 13.0 Å². The number of amides is 2. The highest BCUT2D eigenvalue weighted by Gasteiger charge is 2.08. The van der Waals surface area contributed by atoms with Gasteiger partial charge in [0, 0.05) is 10.8 Å². The van der Waals surface area contributed by atoms with Crippen molar-refractivity contribution in [2.24, 2.45) is 0 Å². The first-order valence-corrected chi connectivity index (χ1v) is 6.55. The number of benzene rings is 1. The van der Waals surface area contributed by atoms with Crippen molar-refractivity contribution >= 4 is 23.6 Å². The number of hydrogen-bond acceptors (Lipinski definition) is 4. The molecule has 0 aliphatic carbocycles. The molecule has 0 heterocycles. The average molecular weight is 268 g/mol. The Labute approximate surface area is 110 Å². The molecule has 0 radical (unpaired) electrons. The quantitative estimate of drug-likeness (QED) is 0.682. The molecule has 1 aromatic rings. The zero-order chi connectivity index (χ0) is 13.4. The Balaban J connectivity index is 2.28. The zero-order valence-electron chi connectivity index (χ0n) is 10.1. The highest BCUT2D eigenvalue weighted by Crippen LogP contribution is 2.07. The van der Waals surface area contributed by atoms with Crippen LogP contribution in [0.3, 0.4) is 0 Å². The van der Waals surface area contributed by atoms with Crippen molar-refractivity contribution < 1.29 is 14.7 Å². The fourth-order valence-corrected chi connectivity index (χ4v) is 1.71. The number of carbonyl (C=O) groups excluding carboxylic acids is 2. The third-order valence-electron chi connectivity index (χ3n) is 2.11. The molecule has 0 saturated heterocycles. The lowest BCUT2D eigenvalue weighted by molar-refractivity contribution is -0.119. The predicted octanol–water partition coefficient (Wildman–Crippen LogP) is 0.562. The lowest BCUT2D eigenvalue weighted by Crippen LogP contribution is -2.42. The maximum Gasteiger partial charge on any atom is 0.269 e. The van der Waals surface area contributed by atoms with Gasteiger partial charge in [0.25, 0.3) is 5.91 Å². The highest BCUT2D eigenvalue weighted by atomic mass is 32.2. The van der Waals surface area contributed by atoms with Crippen molar-refractivity contribution in [3.63, 3.8) is 0 Å². The number of aliphatic hydroxyl groups is 1. The fourth-order valence-electron chi connectivity index (χ4n) is 1.09. The van der Waals surface area contributed by atoms with Crippen molar-refractivity contribution in [2.75, 3.05) is 12.4 Å². The second-order valence-electron chi connectivity index (χ2n) is 3.67. The van der Waals surface area contributed by atoms with Crippen molar-refractivity contribution in [3.8, 4) is 0 Å². The van der Waals surface area contributed by atoms with E-state index >= 15 is 0 Å². The summed E-state index contributed by atoms with van der Waals surface area (Å²) in [7, 11) is 0. The number of thioether (sulfide) groups is 1. The second kappa shape index (κ2) is 7.73. The van der Waals surface area contributed by atoms with Gasteiger partial charge in [-0.1, -0.05) is 25.1 Å². The molecule has 5 nitrogen and oxygen atoms in total. The van der Waals surface area contributed by atoms with Gasteiger partial charge in [-0.25, -0.2) is 0 Å². The van der Waals surface area contributed by atoms with Gasteiger partial charge >= 0.3 is 0 Å². The summed E-state index contributed by atoms with van der Waals surface area (Å²) < 4.78 is 0. The van der Waals surface area contributed by atoms with Crippen LogP contribution in [0.1, 0.15) is 17.3 Å². The first-order valence-electron chi connectivity index (χ1n) is 5.50. The molecule has 0 fully saturated rings. The van der Waals surface area contributed by atoms with Crippen LogP contribution in [0.5, 0.6) is 0 Å². The van der Waals surface area contributed by atoms with Gasteiger partial charge in [0.2, 0.25) is 5.91 Å². The summed E-state index contributed by atoms with van der Waals surface area (Å²) in [6.45, 7) is 1.84. The number of hydrazine groups is 1. The third-order valence-corrected chi connectivity index (χ3v) is 3.25. The number of carbonyl (C=O) groups is 2. The van der Waals surface area contributed by atoms with Crippen molar-refractivity contribution in [3.05, 3.63) is 35.9 Å². The summed E-state index contributed by atoms with van der Waals surface area (Å²) in [6.07, 6.45) is 0. The fraction of sp³-hybridized carbons (Fsp3) is 0.333. The van der Waals surface area contributed by atoms with E-state index in [-0.39, 0.29) is 29.4 Å². The Bertz CT molecular complexity index is 398. The van der Waals surface area contributed by atoms with Gasteiger partial charge in [0.1, 0.15) is 0 Å². The maximum absolute atomic E-state index is 11.6. The summed E-state index contributed by atoms with van der Waals surface area (Å²) in [5.74, 6) is -0.467. The Morgan fingerprint density at radius 2 is 1.94 bits per heavy atom. The van der Waals surface area contributed by atoms with Crippen molar-refractivity contribution in [1.29, 1.82) is 0 Å². The largest absolute Gasteiger partial charge is 0.395 e. The van der Waals surface area contributed by atoms with E-state index in [4.69, 9.17) is 5.11 Å². The molecule has 3 N–H and O–H groups in total. The summed E-state index contributed by atoms with van der Waals surface area (Å²) in [5.41, 5.74) is 5.13. The van der Waals surface area contributed by atoms with Crippen LogP contribution in [0.4, 0.5) is 0 Å². The molecule has 0 aromatic heterocycles. The summed E-state index contributed by atoms with van der Waals surface area (Å²) in [4.78, 5) is 22.9. The Morgan fingerprint density at radius 3 is 2.56 bits per heavy atom. The van der Waals surface area contributed by atoms with Gasteiger partial charge in [-0.05, 0) is 12.1 Å². The molecule has 0 spiro atoms. The molecular weight excluding hydrogens is 252 g/mol. The Kier molecular flexibility index (Phi) is 6.24. The molecule has 1 atom stereocenters. The Morgan fingerprint density at radius 1 is 1.28 bits per heavy atom. The minimum atomic E-state index is -0.357. The van der Waals surface area contributed by atoms with Crippen LogP contribution in [-0.4, -0.2) is 34.5 Å². The van der Waals surface area contributed by atoms with Crippen LogP contribution in [0.2, 0.25) is 0 Å². The summed E-state index contributed by atoms with van der Waals surface area (Å²) in [5, 5.41) is 8.79. The van der Waals surface area contributed by atoms with Gasteiger partial charge in [-0.2, -0.15) is 0 Å². The molecule has 1 unspecified atom stereocenters. The number of nitrogens with one attached hydrogen (secondary N) is 2. The molecule has 98 valence electrons. The third kappa shape index (κ3) is 5.20. The molecule has 0 saturated carbocycles. The average Bonchev–Trinajstić information content (AvgIpc) is 2.42. The molecule has 6 heteroatoms. The molecule has 18 heavy (non-hydrogen) atoms. The van der Waals surface area contributed by atoms with E-state index in [1.165, 1.54) is 11.8 Å². The zero-order valence-corrected chi connectivity index (χ0v) is 10.9. The second-order valence-corrected chi connectivity index (χ2v) is 5.10. The first kappa shape index (κ1) is 14.5. The molecule has 1 rings (SSSR count). The van der Waals surface area contributed by atoms with Gasteiger partial charge < -0.3 is 5.11 Å². The van der Waals surface area contributed by atoms with Crippen molar-refractivity contribution in [2.45, 2.75) is 12.2 Å². The first-order chi connectivity index (χ1) is 8.63. The van der Waals surface area contributed by atoms with E-state index < -0.39 is 0 Å². The van der Waals surface area contributed by atoms with Crippen molar-refractivity contribution in [1.82, 2.24) is 10.9 Å².